The molecule has 2 saturated heterocycles. The van der Waals surface area contributed by atoms with Gasteiger partial charge in [0, 0.05) is 32.0 Å². The number of piperidine rings is 1. The number of rotatable bonds is 9. The molecule has 0 radical (unpaired) electrons. The zero-order valence-corrected chi connectivity index (χ0v) is 22.5. The highest BCUT2D eigenvalue weighted by atomic mass is 19.3. The van der Waals surface area contributed by atoms with Gasteiger partial charge in [0.05, 0.1) is 30.5 Å². The summed E-state index contributed by atoms with van der Waals surface area (Å²) in [5.41, 5.74) is 0.881. The first kappa shape index (κ1) is 27.2. The molecular formula is C28H32F2N8O3. The fourth-order valence-electron chi connectivity index (χ4n) is 5.52. The molecule has 13 heteroatoms. The minimum Gasteiger partial charge on any atom is -0.388 e. The Labute approximate surface area is 234 Å². The Morgan fingerprint density at radius 1 is 1.07 bits per heavy atom. The number of nitrogens with zero attached hydrogens (tertiary/aromatic N) is 8. The molecule has 1 N–H and O–H groups in total. The van der Waals surface area contributed by atoms with Crippen molar-refractivity contribution in [1.29, 1.82) is 0 Å². The number of aromatic nitrogens is 6. The molecule has 1 amide bonds. The molecule has 11 nitrogen and oxygen atoms in total. The van der Waals surface area contributed by atoms with Crippen LogP contribution in [0.2, 0.25) is 0 Å². The number of fused-ring (bicyclic) bond motifs is 1. The number of hydrogen-bond acceptors (Lipinski definition) is 7. The van der Waals surface area contributed by atoms with Gasteiger partial charge in [0.15, 0.2) is 5.65 Å². The summed E-state index contributed by atoms with van der Waals surface area (Å²) in [6.07, 6.45) is 4.22. The molecule has 0 unspecified atom stereocenters. The number of hydrogen-bond donors (Lipinski definition) is 1. The minimum absolute atomic E-state index is 0.000126. The Hall–Kier alpha value is -3.97. The van der Waals surface area contributed by atoms with Gasteiger partial charge in [-0.15, -0.1) is 0 Å². The van der Waals surface area contributed by atoms with Crippen molar-refractivity contribution in [3.05, 3.63) is 71.2 Å². The lowest BCUT2D eigenvalue weighted by atomic mass is 9.91. The molecule has 2 fully saturated rings. The van der Waals surface area contributed by atoms with Crippen LogP contribution in [0.3, 0.4) is 0 Å². The number of halogens is 2. The summed E-state index contributed by atoms with van der Waals surface area (Å²) in [5, 5.41) is 19.8. The van der Waals surface area contributed by atoms with E-state index < -0.39 is 24.0 Å². The number of alkyl halides is 2. The van der Waals surface area contributed by atoms with E-state index in [0.29, 0.717) is 11.0 Å². The van der Waals surface area contributed by atoms with Crippen LogP contribution in [0.5, 0.6) is 0 Å². The molecule has 0 spiro atoms. The standard InChI is InChI=1S/C28H32F2N8O3/c29-25(30)23(37-12-1-9-32-37)15-24(39)35-13-7-28(41,8-14-35)18-36-19-31-26-22(27(36)40)16-33-38(26)21-5-3-20(4-6-21)17-34-10-2-11-34/h1,3-6,9,12,16,19,23,25,41H,2,7-8,10-11,13-15,17-18H2/t23-/m0/s1. The fraction of sp³-hybridized carbons (Fsp3) is 0.464. The molecule has 0 aliphatic carbocycles. The Balaban J connectivity index is 1.10. The zero-order chi connectivity index (χ0) is 28.6. The molecule has 4 aromatic rings. The van der Waals surface area contributed by atoms with Gasteiger partial charge in [-0.1, -0.05) is 12.1 Å². The zero-order valence-electron chi connectivity index (χ0n) is 22.5. The third kappa shape index (κ3) is 5.64. The highest BCUT2D eigenvalue weighted by Gasteiger charge is 2.36. The number of likely N-dealkylation sites (tertiary alicyclic amines) is 2. The number of benzene rings is 1. The van der Waals surface area contributed by atoms with Crippen LogP contribution in [0.4, 0.5) is 8.78 Å². The first-order valence-corrected chi connectivity index (χ1v) is 13.8. The lowest BCUT2D eigenvalue weighted by Crippen LogP contribution is -2.50. The topological polar surface area (TPSA) is 114 Å². The van der Waals surface area contributed by atoms with Crippen LogP contribution < -0.4 is 5.56 Å². The van der Waals surface area contributed by atoms with Gasteiger partial charge >= 0.3 is 0 Å². The van der Waals surface area contributed by atoms with Crippen molar-refractivity contribution >= 4 is 16.9 Å². The highest BCUT2D eigenvalue weighted by Crippen LogP contribution is 2.27. The summed E-state index contributed by atoms with van der Waals surface area (Å²) in [7, 11) is 0. The molecule has 3 aromatic heterocycles. The second-order valence-electron chi connectivity index (χ2n) is 11.0. The maximum Gasteiger partial charge on any atom is 0.264 e. The van der Waals surface area contributed by atoms with E-state index in [0.717, 1.165) is 30.0 Å². The molecule has 0 bridgehead atoms. The smallest absolute Gasteiger partial charge is 0.264 e. The maximum atomic E-state index is 13.6. The van der Waals surface area contributed by atoms with Crippen molar-refractivity contribution in [3.8, 4) is 5.69 Å². The first-order valence-electron chi connectivity index (χ1n) is 13.8. The van der Waals surface area contributed by atoms with E-state index in [4.69, 9.17) is 0 Å². The molecule has 5 heterocycles. The first-order chi connectivity index (χ1) is 19.8. The summed E-state index contributed by atoms with van der Waals surface area (Å²) in [5.74, 6) is -0.422. The van der Waals surface area contributed by atoms with E-state index in [1.807, 2.05) is 12.1 Å². The summed E-state index contributed by atoms with van der Waals surface area (Å²) < 4.78 is 31.2. The van der Waals surface area contributed by atoms with Gasteiger partial charge < -0.3 is 10.0 Å². The predicted molar refractivity (Wildman–Crippen MR) is 146 cm³/mol. The van der Waals surface area contributed by atoms with Gasteiger partial charge in [0.1, 0.15) is 17.8 Å². The van der Waals surface area contributed by atoms with E-state index in [1.165, 1.54) is 52.4 Å². The summed E-state index contributed by atoms with van der Waals surface area (Å²) in [6.45, 7) is 3.56. The van der Waals surface area contributed by atoms with Crippen molar-refractivity contribution in [2.24, 2.45) is 0 Å². The number of carbonyl (C=O) groups is 1. The van der Waals surface area contributed by atoms with E-state index in [9.17, 15) is 23.5 Å². The average Bonchev–Trinajstić information content (AvgIpc) is 3.62. The second kappa shape index (κ2) is 11.1. The monoisotopic (exact) mass is 566 g/mol. The number of carbonyl (C=O) groups excluding carboxylic acids is 1. The van der Waals surface area contributed by atoms with Crippen molar-refractivity contribution in [3.63, 3.8) is 0 Å². The predicted octanol–water partition coefficient (Wildman–Crippen LogP) is 2.23. The van der Waals surface area contributed by atoms with E-state index in [2.05, 4.69) is 32.2 Å². The highest BCUT2D eigenvalue weighted by molar-refractivity contribution is 5.77. The average molecular weight is 567 g/mol. The molecule has 1 atom stereocenters. The quantitative estimate of drug-likeness (QED) is 0.331. The van der Waals surface area contributed by atoms with Crippen LogP contribution in [0.25, 0.3) is 16.7 Å². The van der Waals surface area contributed by atoms with Gasteiger partial charge in [-0.25, -0.2) is 18.4 Å². The third-order valence-electron chi connectivity index (χ3n) is 8.14. The van der Waals surface area contributed by atoms with Crippen LogP contribution >= 0.6 is 0 Å². The van der Waals surface area contributed by atoms with Crippen LogP contribution in [-0.4, -0.2) is 88.1 Å². The van der Waals surface area contributed by atoms with Crippen LogP contribution in [0.15, 0.2) is 60.0 Å². The van der Waals surface area contributed by atoms with Crippen molar-refractivity contribution in [1.82, 2.24) is 38.9 Å². The van der Waals surface area contributed by atoms with Gasteiger partial charge in [-0.05, 0) is 56.1 Å². The summed E-state index contributed by atoms with van der Waals surface area (Å²) in [4.78, 5) is 34.4. The van der Waals surface area contributed by atoms with E-state index in [1.54, 1.807) is 4.68 Å². The Morgan fingerprint density at radius 2 is 1.83 bits per heavy atom. The van der Waals surface area contributed by atoms with Crippen LogP contribution in [-0.2, 0) is 17.9 Å². The maximum absolute atomic E-state index is 13.6. The molecule has 2 aliphatic heterocycles. The second-order valence-corrected chi connectivity index (χ2v) is 11.0. The molecule has 41 heavy (non-hydrogen) atoms. The normalized spacial score (nSPS) is 18.1. The number of amides is 1. The molecule has 2 aliphatic rings. The minimum atomic E-state index is -2.74. The number of aliphatic hydroxyl groups is 1. The Morgan fingerprint density at radius 3 is 2.46 bits per heavy atom. The molecule has 1 aromatic carbocycles. The van der Waals surface area contributed by atoms with Gasteiger partial charge in [-0.2, -0.15) is 10.2 Å². The van der Waals surface area contributed by atoms with Crippen molar-refractivity contribution < 1.29 is 18.7 Å². The van der Waals surface area contributed by atoms with Crippen LogP contribution in [0, 0.1) is 0 Å². The van der Waals surface area contributed by atoms with E-state index >= 15 is 0 Å². The van der Waals surface area contributed by atoms with Crippen LogP contribution in [0.1, 0.15) is 37.3 Å². The lowest BCUT2D eigenvalue weighted by molar-refractivity contribution is -0.138. The summed E-state index contributed by atoms with van der Waals surface area (Å²) in [6, 6.07) is 8.22. The van der Waals surface area contributed by atoms with Gasteiger partial charge in [-0.3, -0.25) is 23.7 Å². The Kier molecular flexibility index (Phi) is 7.39. The third-order valence-corrected chi connectivity index (χ3v) is 8.14. The molecular weight excluding hydrogens is 534 g/mol. The van der Waals surface area contributed by atoms with Crippen molar-refractivity contribution in [2.45, 2.75) is 56.8 Å². The van der Waals surface area contributed by atoms with Gasteiger partial charge in [0.25, 0.3) is 12.0 Å². The van der Waals surface area contributed by atoms with Gasteiger partial charge in [0.2, 0.25) is 5.91 Å². The largest absolute Gasteiger partial charge is 0.388 e. The Bertz CT molecular complexity index is 1560. The summed E-state index contributed by atoms with van der Waals surface area (Å²) >= 11 is 0. The lowest BCUT2D eigenvalue weighted by Gasteiger charge is -2.38. The SMILES string of the molecule is O=C(C[C@@H](C(F)F)n1cccn1)N1CCC(O)(Cn2cnc3c(cnn3-c3ccc(CN4CCC4)cc3)c2=O)CC1. The van der Waals surface area contributed by atoms with E-state index in [-0.39, 0.29) is 44.5 Å². The molecule has 0 saturated carbocycles. The molecule has 6 rings (SSSR count). The fourth-order valence-corrected chi connectivity index (χ4v) is 5.52. The van der Waals surface area contributed by atoms with Crippen molar-refractivity contribution in [2.75, 3.05) is 26.2 Å². The molecule has 216 valence electrons.